The molecule has 0 spiro atoms. The molecule has 1 heterocycles. The molecule has 1 aromatic heterocycles. The second-order valence-electron chi connectivity index (χ2n) is 3.75. The largest absolute Gasteiger partial charge is 0.459 e. The molecule has 0 amide bonds. The lowest BCUT2D eigenvalue weighted by molar-refractivity contribution is 0.126. The van der Waals surface area contributed by atoms with Crippen LogP contribution in [0.4, 0.5) is 0 Å². The van der Waals surface area contributed by atoms with Gasteiger partial charge in [0.25, 0.3) is 0 Å². The molecule has 78 valence electrons. The maximum Gasteiger partial charge on any atom is 0.335 e. The zero-order chi connectivity index (χ0) is 9.97. The molecule has 0 radical (unpaired) electrons. The number of aryl methyl sites for hydroxylation is 1. The average molecular weight is 197 g/mol. The van der Waals surface area contributed by atoms with E-state index in [1.807, 2.05) is 0 Å². The van der Waals surface area contributed by atoms with Crippen LogP contribution in [0.1, 0.15) is 25.7 Å². The van der Waals surface area contributed by atoms with Gasteiger partial charge in [0.05, 0.1) is 0 Å². The van der Waals surface area contributed by atoms with E-state index in [4.69, 9.17) is 10.5 Å². The molecule has 1 aromatic rings. The van der Waals surface area contributed by atoms with Crippen LogP contribution in [-0.2, 0) is 7.05 Å². The third-order valence-corrected chi connectivity index (χ3v) is 2.52. The number of rotatable bonds is 2. The standard InChI is InChI=1S/C8H15N5O/c1-13-8(10-11-12-13)14-7-4-2-3-6(9)5-7/h6-7H,2-5,9H2,1H3. The Hall–Kier alpha value is -1.17. The van der Waals surface area contributed by atoms with E-state index in [0.717, 1.165) is 25.7 Å². The molecule has 1 aliphatic rings. The number of nitrogens with two attached hydrogens (primary N) is 1. The number of nitrogens with zero attached hydrogens (tertiary/aromatic N) is 4. The van der Waals surface area contributed by atoms with Crippen LogP contribution in [0.5, 0.6) is 6.01 Å². The predicted molar refractivity (Wildman–Crippen MR) is 49.7 cm³/mol. The van der Waals surface area contributed by atoms with Crippen LogP contribution in [0.15, 0.2) is 0 Å². The highest BCUT2D eigenvalue weighted by molar-refractivity contribution is 4.89. The highest BCUT2D eigenvalue weighted by atomic mass is 16.5. The Labute approximate surface area is 82.4 Å². The Morgan fingerprint density at radius 3 is 3.00 bits per heavy atom. The quantitative estimate of drug-likeness (QED) is 0.713. The molecule has 2 atom stereocenters. The summed E-state index contributed by atoms with van der Waals surface area (Å²) in [7, 11) is 1.76. The number of hydrogen-bond acceptors (Lipinski definition) is 5. The maximum atomic E-state index is 5.85. The maximum absolute atomic E-state index is 5.85. The van der Waals surface area contributed by atoms with Gasteiger partial charge in [0, 0.05) is 13.1 Å². The van der Waals surface area contributed by atoms with Gasteiger partial charge in [0.1, 0.15) is 6.10 Å². The minimum Gasteiger partial charge on any atom is -0.459 e. The zero-order valence-corrected chi connectivity index (χ0v) is 8.26. The van der Waals surface area contributed by atoms with E-state index < -0.39 is 0 Å². The van der Waals surface area contributed by atoms with Crippen molar-refractivity contribution in [1.82, 2.24) is 20.2 Å². The summed E-state index contributed by atoms with van der Waals surface area (Å²) in [6.45, 7) is 0. The molecule has 6 heteroatoms. The first-order valence-electron chi connectivity index (χ1n) is 4.90. The molecule has 0 saturated heterocycles. The van der Waals surface area contributed by atoms with Gasteiger partial charge in [-0.2, -0.15) is 4.68 Å². The molecule has 14 heavy (non-hydrogen) atoms. The summed E-state index contributed by atoms with van der Waals surface area (Å²) >= 11 is 0. The van der Waals surface area contributed by atoms with E-state index in [0.29, 0.717) is 6.01 Å². The lowest BCUT2D eigenvalue weighted by atomic mass is 9.94. The molecule has 6 nitrogen and oxygen atoms in total. The van der Waals surface area contributed by atoms with E-state index in [2.05, 4.69) is 15.5 Å². The van der Waals surface area contributed by atoms with E-state index >= 15 is 0 Å². The molecule has 0 aromatic carbocycles. The summed E-state index contributed by atoms with van der Waals surface area (Å²) in [5.41, 5.74) is 5.85. The van der Waals surface area contributed by atoms with Crippen LogP contribution in [0.3, 0.4) is 0 Å². The lowest BCUT2D eigenvalue weighted by Gasteiger charge is -2.26. The van der Waals surface area contributed by atoms with Gasteiger partial charge in [-0.15, -0.1) is 0 Å². The third kappa shape index (κ3) is 2.01. The number of ether oxygens (including phenoxy) is 1. The van der Waals surface area contributed by atoms with Crippen LogP contribution >= 0.6 is 0 Å². The third-order valence-electron chi connectivity index (χ3n) is 2.52. The molecular formula is C8H15N5O. The van der Waals surface area contributed by atoms with Crippen LogP contribution in [-0.4, -0.2) is 32.4 Å². The normalized spacial score (nSPS) is 27.6. The fraction of sp³-hybridized carbons (Fsp3) is 0.875. The highest BCUT2D eigenvalue weighted by Crippen LogP contribution is 2.20. The van der Waals surface area contributed by atoms with Crippen molar-refractivity contribution < 1.29 is 4.74 Å². The molecule has 2 rings (SSSR count). The van der Waals surface area contributed by atoms with Crippen molar-refractivity contribution >= 4 is 0 Å². The number of aromatic nitrogens is 4. The summed E-state index contributed by atoms with van der Waals surface area (Å²) in [6.07, 6.45) is 4.32. The van der Waals surface area contributed by atoms with Crippen molar-refractivity contribution in [2.45, 2.75) is 37.8 Å². The van der Waals surface area contributed by atoms with Gasteiger partial charge in [-0.1, -0.05) is 5.10 Å². The fourth-order valence-corrected chi connectivity index (χ4v) is 1.76. The van der Waals surface area contributed by atoms with Crippen molar-refractivity contribution in [2.75, 3.05) is 0 Å². The Balaban J connectivity index is 1.94. The van der Waals surface area contributed by atoms with Crippen molar-refractivity contribution in [3.63, 3.8) is 0 Å². The van der Waals surface area contributed by atoms with Crippen molar-refractivity contribution in [1.29, 1.82) is 0 Å². The van der Waals surface area contributed by atoms with Crippen LogP contribution in [0, 0.1) is 0 Å². The molecule has 1 aliphatic carbocycles. The summed E-state index contributed by atoms with van der Waals surface area (Å²) in [5.74, 6) is 0. The molecule has 2 N–H and O–H groups in total. The molecule has 1 fully saturated rings. The van der Waals surface area contributed by atoms with E-state index in [1.165, 1.54) is 4.68 Å². The monoisotopic (exact) mass is 197 g/mol. The predicted octanol–water partition coefficient (Wildman–Crippen LogP) is -0.141. The Morgan fingerprint density at radius 2 is 2.36 bits per heavy atom. The van der Waals surface area contributed by atoms with Gasteiger partial charge < -0.3 is 10.5 Å². The Bertz CT molecular complexity index is 300. The topological polar surface area (TPSA) is 78.8 Å². The van der Waals surface area contributed by atoms with Gasteiger partial charge >= 0.3 is 6.01 Å². The first kappa shape index (κ1) is 9.39. The van der Waals surface area contributed by atoms with Gasteiger partial charge in [-0.3, -0.25) is 0 Å². The van der Waals surface area contributed by atoms with Crippen molar-refractivity contribution in [2.24, 2.45) is 12.8 Å². The zero-order valence-electron chi connectivity index (χ0n) is 8.26. The number of tetrazole rings is 1. The second-order valence-corrected chi connectivity index (χ2v) is 3.75. The van der Waals surface area contributed by atoms with Gasteiger partial charge in [0.2, 0.25) is 0 Å². The van der Waals surface area contributed by atoms with Crippen molar-refractivity contribution in [3.8, 4) is 6.01 Å². The second kappa shape index (κ2) is 3.91. The summed E-state index contributed by atoms with van der Waals surface area (Å²) in [4.78, 5) is 0. The Morgan fingerprint density at radius 1 is 1.50 bits per heavy atom. The molecule has 0 bridgehead atoms. The first-order valence-corrected chi connectivity index (χ1v) is 4.90. The summed E-state index contributed by atoms with van der Waals surface area (Å²) in [5, 5.41) is 11.0. The molecular weight excluding hydrogens is 182 g/mol. The Kier molecular flexibility index (Phi) is 2.62. The van der Waals surface area contributed by atoms with Crippen LogP contribution in [0.2, 0.25) is 0 Å². The van der Waals surface area contributed by atoms with Gasteiger partial charge in [0.15, 0.2) is 0 Å². The van der Waals surface area contributed by atoms with Crippen LogP contribution < -0.4 is 10.5 Å². The molecule has 1 saturated carbocycles. The summed E-state index contributed by atoms with van der Waals surface area (Å²) < 4.78 is 7.17. The van der Waals surface area contributed by atoms with E-state index in [-0.39, 0.29) is 12.1 Å². The van der Waals surface area contributed by atoms with Gasteiger partial charge in [-0.05, 0) is 36.1 Å². The summed E-state index contributed by atoms with van der Waals surface area (Å²) in [6, 6.07) is 0.735. The molecule has 2 unspecified atom stereocenters. The SMILES string of the molecule is Cn1nnnc1OC1CCCC(N)C1. The minimum absolute atomic E-state index is 0.170. The average Bonchev–Trinajstić information content (AvgIpc) is 2.52. The molecule has 0 aliphatic heterocycles. The van der Waals surface area contributed by atoms with Crippen molar-refractivity contribution in [3.05, 3.63) is 0 Å². The fourth-order valence-electron chi connectivity index (χ4n) is 1.76. The van der Waals surface area contributed by atoms with E-state index in [1.54, 1.807) is 7.05 Å². The van der Waals surface area contributed by atoms with E-state index in [9.17, 15) is 0 Å². The van der Waals surface area contributed by atoms with Crippen LogP contribution in [0.25, 0.3) is 0 Å². The first-order chi connectivity index (χ1) is 6.75. The highest BCUT2D eigenvalue weighted by Gasteiger charge is 2.22. The number of hydrogen-bond donors (Lipinski definition) is 1. The minimum atomic E-state index is 0.170. The smallest absolute Gasteiger partial charge is 0.335 e. The lowest BCUT2D eigenvalue weighted by Crippen LogP contribution is -2.34. The van der Waals surface area contributed by atoms with Gasteiger partial charge in [-0.25, -0.2) is 0 Å².